The van der Waals surface area contributed by atoms with Gasteiger partial charge in [0.2, 0.25) is 11.8 Å². The third kappa shape index (κ3) is 6.87. The first kappa shape index (κ1) is 29.7. The highest BCUT2D eigenvalue weighted by Crippen LogP contribution is 2.31. The van der Waals surface area contributed by atoms with Crippen LogP contribution in [0.25, 0.3) is 0 Å². The molecule has 2 heterocycles. The molecular weight excluding hydrogens is 547 g/mol. The molecular formula is C28H33ClF3N5O3. The van der Waals surface area contributed by atoms with Gasteiger partial charge in [-0.3, -0.25) is 9.59 Å². The van der Waals surface area contributed by atoms with Gasteiger partial charge in [0, 0.05) is 31.1 Å². The van der Waals surface area contributed by atoms with Crippen molar-refractivity contribution in [3.63, 3.8) is 0 Å². The first-order valence-corrected chi connectivity index (χ1v) is 13.4. The second-order valence-electron chi connectivity index (χ2n) is 10.5. The Bertz CT molecular complexity index is 1250. The fourth-order valence-electron chi connectivity index (χ4n) is 5.24. The molecule has 4 rings (SSSR count). The Kier molecular flexibility index (Phi) is 8.94. The Morgan fingerprint density at radius 1 is 1.10 bits per heavy atom. The second kappa shape index (κ2) is 12.1. The average molecular weight is 580 g/mol. The van der Waals surface area contributed by atoms with Gasteiger partial charge in [-0.05, 0) is 69.4 Å². The zero-order valence-corrected chi connectivity index (χ0v) is 23.4. The molecule has 0 aromatic heterocycles. The molecule has 2 aromatic carbocycles. The number of fused-ring (bicyclic) bond motifs is 1. The van der Waals surface area contributed by atoms with Crippen molar-refractivity contribution in [3.05, 3.63) is 69.7 Å². The van der Waals surface area contributed by atoms with E-state index < -0.39 is 30.0 Å². The lowest BCUT2D eigenvalue weighted by molar-refractivity contribution is -0.167. The van der Waals surface area contributed by atoms with E-state index >= 15 is 0 Å². The van der Waals surface area contributed by atoms with Crippen LogP contribution in [0.2, 0.25) is 5.02 Å². The van der Waals surface area contributed by atoms with Crippen LogP contribution in [-0.4, -0.2) is 83.4 Å². The largest absolute Gasteiger partial charge is 0.416 e. The molecule has 12 heteroatoms. The lowest BCUT2D eigenvalue weighted by Gasteiger charge is -2.52. The van der Waals surface area contributed by atoms with Crippen molar-refractivity contribution >= 4 is 29.4 Å². The number of nitrogens with one attached hydrogen (secondary N) is 1. The van der Waals surface area contributed by atoms with E-state index in [0.717, 1.165) is 17.7 Å². The summed E-state index contributed by atoms with van der Waals surface area (Å²) in [5.41, 5.74) is 0.827. The van der Waals surface area contributed by atoms with Crippen LogP contribution in [0.3, 0.4) is 0 Å². The van der Waals surface area contributed by atoms with Gasteiger partial charge in [-0.25, -0.2) is 4.79 Å². The fraction of sp³-hybridized carbons (Fsp3) is 0.464. The molecule has 0 saturated carbocycles. The number of alkyl halides is 3. The molecule has 0 unspecified atom stereocenters. The highest BCUT2D eigenvalue weighted by Gasteiger charge is 2.48. The van der Waals surface area contributed by atoms with E-state index in [1.54, 1.807) is 30.0 Å². The standard InChI is InChI=1S/C28H33ClF3N5O3/c1-18-12-20(14-21(13-18)28(30,31)32)15-33-27(40)36-11-9-25(38)37-23(8-10-34(2)3)26(39)35(17-24(36)37)16-19-4-6-22(29)7-5-19/h4-7,12-14,23-24H,8-11,15-17H2,1-3H3,(H,33,40)/t23-,24+/m0/s1. The molecule has 2 saturated heterocycles. The minimum Gasteiger partial charge on any atom is -0.334 e. The van der Waals surface area contributed by atoms with Gasteiger partial charge in [0.15, 0.2) is 0 Å². The van der Waals surface area contributed by atoms with Crippen molar-refractivity contribution in [2.45, 2.75) is 51.2 Å². The lowest BCUT2D eigenvalue weighted by atomic mass is 10.0. The molecule has 2 fully saturated rings. The van der Waals surface area contributed by atoms with E-state index in [1.165, 1.54) is 9.80 Å². The van der Waals surface area contributed by atoms with E-state index in [0.29, 0.717) is 29.1 Å². The van der Waals surface area contributed by atoms with Crippen LogP contribution in [0.15, 0.2) is 42.5 Å². The Morgan fingerprint density at radius 3 is 2.45 bits per heavy atom. The quantitative estimate of drug-likeness (QED) is 0.536. The van der Waals surface area contributed by atoms with E-state index in [-0.39, 0.29) is 44.4 Å². The molecule has 216 valence electrons. The number of carbonyl (C=O) groups excluding carboxylic acids is 3. The van der Waals surface area contributed by atoms with Crippen LogP contribution in [0.1, 0.15) is 35.1 Å². The van der Waals surface area contributed by atoms with Crippen molar-refractivity contribution in [3.8, 4) is 0 Å². The zero-order valence-electron chi connectivity index (χ0n) is 22.7. The van der Waals surface area contributed by atoms with Crippen LogP contribution < -0.4 is 5.32 Å². The molecule has 2 atom stereocenters. The number of aryl methyl sites for hydroxylation is 1. The van der Waals surface area contributed by atoms with Gasteiger partial charge in [-0.15, -0.1) is 0 Å². The predicted molar refractivity (Wildman–Crippen MR) is 144 cm³/mol. The molecule has 2 aliphatic rings. The van der Waals surface area contributed by atoms with Gasteiger partial charge in [-0.1, -0.05) is 35.4 Å². The maximum atomic E-state index is 13.6. The number of amides is 4. The molecule has 2 aromatic rings. The maximum Gasteiger partial charge on any atom is 0.416 e. The third-order valence-corrected chi connectivity index (χ3v) is 7.41. The van der Waals surface area contributed by atoms with Crippen molar-refractivity contribution in [1.29, 1.82) is 0 Å². The highest BCUT2D eigenvalue weighted by atomic mass is 35.5. The molecule has 0 spiro atoms. The number of rotatable bonds is 7. The SMILES string of the molecule is Cc1cc(CNC(=O)N2CCC(=O)N3[C@@H]2CN(Cc2ccc(Cl)cc2)C(=O)[C@@H]3CCN(C)C)cc(C(F)(F)F)c1. The van der Waals surface area contributed by atoms with Crippen LogP contribution in [0, 0.1) is 6.92 Å². The van der Waals surface area contributed by atoms with E-state index in [1.807, 2.05) is 31.1 Å². The normalized spacial score (nSPS) is 19.8. The Labute approximate surface area is 236 Å². The number of halogens is 4. The van der Waals surface area contributed by atoms with Crippen LogP contribution >= 0.6 is 11.6 Å². The summed E-state index contributed by atoms with van der Waals surface area (Å²) in [6, 6.07) is 9.53. The number of hydrogen-bond acceptors (Lipinski definition) is 4. The molecule has 40 heavy (non-hydrogen) atoms. The van der Waals surface area contributed by atoms with Gasteiger partial charge in [-0.2, -0.15) is 13.2 Å². The number of hydrogen-bond donors (Lipinski definition) is 1. The van der Waals surface area contributed by atoms with Gasteiger partial charge >= 0.3 is 12.2 Å². The molecule has 0 aliphatic carbocycles. The number of urea groups is 1. The minimum absolute atomic E-state index is 0.0511. The van der Waals surface area contributed by atoms with Crippen LogP contribution in [-0.2, 0) is 28.9 Å². The van der Waals surface area contributed by atoms with Crippen LogP contribution in [0.5, 0.6) is 0 Å². The van der Waals surface area contributed by atoms with Crippen molar-refractivity contribution in [2.24, 2.45) is 0 Å². The number of piperazine rings is 1. The van der Waals surface area contributed by atoms with Gasteiger partial charge in [0.25, 0.3) is 0 Å². The van der Waals surface area contributed by atoms with Gasteiger partial charge in [0.05, 0.1) is 12.1 Å². The first-order chi connectivity index (χ1) is 18.8. The van der Waals surface area contributed by atoms with Crippen molar-refractivity contribution in [1.82, 2.24) is 24.9 Å². The van der Waals surface area contributed by atoms with E-state index in [4.69, 9.17) is 11.6 Å². The summed E-state index contributed by atoms with van der Waals surface area (Å²) in [7, 11) is 3.76. The summed E-state index contributed by atoms with van der Waals surface area (Å²) in [5.74, 6) is -0.395. The average Bonchev–Trinajstić information content (AvgIpc) is 2.88. The zero-order chi connectivity index (χ0) is 29.2. The first-order valence-electron chi connectivity index (χ1n) is 13.0. The molecule has 2 aliphatic heterocycles. The molecule has 0 radical (unpaired) electrons. The Balaban J connectivity index is 1.56. The van der Waals surface area contributed by atoms with Crippen LogP contribution in [0.4, 0.5) is 18.0 Å². The fourth-order valence-corrected chi connectivity index (χ4v) is 5.36. The second-order valence-corrected chi connectivity index (χ2v) is 11.0. The number of benzene rings is 2. The van der Waals surface area contributed by atoms with Gasteiger partial charge < -0.3 is 24.9 Å². The maximum absolute atomic E-state index is 13.6. The summed E-state index contributed by atoms with van der Waals surface area (Å²) in [4.78, 5) is 46.7. The molecule has 4 amide bonds. The van der Waals surface area contributed by atoms with E-state index in [9.17, 15) is 27.6 Å². The Morgan fingerprint density at radius 2 is 1.80 bits per heavy atom. The molecule has 8 nitrogen and oxygen atoms in total. The summed E-state index contributed by atoms with van der Waals surface area (Å²) in [6.45, 7) is 2.54. The smallest absolute Gasteiger partial charge is 0.334 e. The van der Waals surface area contributed by atoms with Crippen molar-refractivity contribution in [2.75, 3.05) is 33.7 Å². The number of nitrogens with zero attached hydrogens (tertiary/aromatic N) is 4. The van der Waals surface area contributed by atoms with E-state index in [2.05, 4.69) is 5.32 Å². The molecule has 0 bridgehead atoms. The summed E-state index contributed by atoms with van der Waals surface area (Å²) in [6.07, 6.45) is -4.76. The lowest BCUT2D eigenvalue weighted by Crippen LogP contribution is -2.72. The Hall–Kier alpha value is -3.31. The molecule has 1 N–H and O–H groups in total. The summed E-state index contributed by atoms with van der Waals surface area (Å²) >= 11 is 6.02. The highest BCUT2D eigenvalue weighted by molar-refractivity contribution is 6.30. The topological polar surface area (TPSA) is 76.2 Å². The third-order valence-electron chi connectivity index (χ3n) is 7.16. The van der Waals surface area contributed by atoms with Gasteiger partial charge in [0.1, 0.15) is 12.2 Å². The number of carbonyl (C=O) groups is 3. The monoisotopic (exact) mass is 579 g/mol. The summed E-state index contributed by atoms with van der Waals surface area (Å²) in [5, 5.41) is 3.29. The minimum atomic E-state index is -4.50. The summed E-state index contributed by atoms with van der Waals surface area (Å²) < 4.78 is 39.8. The van der Waals surface area contributed by atoms with Crippen molar-refractivity contribution < 1.29 is 27.6 Å². The predicted octanol–water partition coefficient (Wildman–Crippen LogP) is 4.10.